The number of hydrogen-bond acceptors (Lipinski definition) is 2. The zero-order valence-electron chi connectivity index (χ0n) is 18.9. The van der Waals surface area contributed by atoms with Crippen molar-refractivity contribution >= 4 is 17.5 Å². The Balaban J connectivity index is 1.74. The fourth-order valence-corrected chi connectivity index (χ4v) is 5.09. The van der Waals surface area contributed by atoms with E-state index in [2.05, 4.69) is 11.0 Å². The first-order valence-corrected chi connectivity index (χ1v) is 12.3. The molecule has 3 rings (SSSR count). The van der Waals surface area contributed by atoms with Gasteiger partial charge in [0.25, 0.3) is 0 Å². The number of para-hydroxylation sites is 1. The van der Waals surface area contributed by atoms with Gasteiger partial charge < -0.3 is 9.80 Å². The molecule has 1 aromatic carbocycles. The van der Waals surface area contributed by atoms with Crippen molar-refractivity contribution in [3.63, 3.8) is 0 Å². The Morgan fingerprint density at radius 3 is 2.23 bits per heavy atom. The van der Waals surface area contributed by atoms with Crippen molar-refractivity contribution in [2.24, 2.45) is 5.92 Å². The first kappa shape index (κ1) is 22.8. The van der Waals surface area contributed by atoms with E-state index in [0.29, 0.717) is 18.9 Å². The van der Waals surface area contributed by atoms with E-state index in [1.807, 2.05) is 23.1 Å². The van der Waals surface area contributed by atoms with Gasteiger partial charge in [0, 0.05) is 38.7 Å². The van der Waals surface area contributed by atoms with Crippen LogP contribution < -0.4 is 4.90 Å². The lowest BCUT2D eigenvalue weighted by Crippen LogP contribution is -2.34. The maximum Gasteiger partial charge on any atom is 0.223 e. The van der Waals surface area contributed by atoms with Gasteiger partial charge in [-0.25, -0.2) is 0 Å². The highest BCUT2D eigenvalue weighted by Gasteiger charge is 2.21. The van der Waals surface area contributed by atoms with Crippen molar-refractivity contribution in [3.05, 3.63) is 29.8 Å². The summed E-state index contributed by atoms with van der Waals surface area (Å²) in [5.41, 5.74) is 2.08. The van der Waals surface area contributed by atoms with Crippen molar-refractivity contribution in [1.82, 2.24) is 4.90 Å². The summed E-state index contributed by atoms with van der Waals surface area (Å²) in [6, 6.07) is 8.16. The normalized spacial score (nSPS) is 19.9. The van der Waals surface area contributed by atoms with Crippen LogP contribution in [0.1, 0.15) is 96.0 Å². The third-order valence-electron chi connectivity index (χ3n) is 6.93. The van der Waals surface area contributed by atoms with Crippen LogP contribution in [0.25, 0.3) is 0 Å². The molecular weight excluding hydrogens is 372 g/mol. The number of hydrogen-bond donors (Lipinski definition) is 0. The molecular formula is C26H40N2O2. The van der Waals surface area contributed by atoms with Crippen molar-refractivity contribution in [1.29, 1.82) is 0 Å². The molecule has 2 aliphatic rings. The van der Waals surface area contributed by atoms with Crippen molar-refractivity contribution < 1.29 is 9.59 Å². The summed E-state index contributed by atoms with van der Waals surface area (Å²) < 4.78 is 0. The second-order valence-electron chi connectivity index (χ2n) is 9.28. The molecule has 1 aromatic rings. The fraction of sp³-hybridized carbons (Fsp3) is 0.692. The first-order chi connectivity index (χ1) is 14.6. The van der Waals surface area contributed by atoms with Crippen LogP contribution in [0.2, 0.25) is 0 Å². The number of rotatable bonds is 3. The van der Waals surface area contributed by atoms with Gasteiger partial charge in [-0.3, -0.25) is 9.59 Å². The molecule has 0 spiro atoms. The highest BCUT2D eigenvalue weighted by atomic mass is 16.2. The quantitative estimate of drug-likeness (QED) is 0.603. The fourth-order valence-electron chi connectivity index (χ4n) is 5.09. The Morgan fingerprint density at radius 1 is 0.867 bits per heavy atom. The highest BCUT2D eigenvalue weighted by Crippen LogP contribution is 2.28. The first-order valence-electron chi connectivity index (χ1n) is 12.3. The van der Waals surface area contributed by atoms with Gasteiger partial charge in [-0.05, 0) is 36.8 Å². The van der Waals surface area contributed by atoms with E-state index in [0.717, 1.165) is 55.9 Å². The SMILES string of the molecule is CC(=O)N1CCCCCCCCN(C(=O)CCC2CCCCC2)Cc2ccccc21. The van der Waals surface area contributed by atoms with Crippen molar-refractivity contribution in [3.8, 4) is 0 Å². The highest BCUT2D eigenvalue weighted by molar-refractivity contribution is 5.92. The minimum Gasteiger partial charge on any atom is -0.338 e. The van der Waals surface area contributed by atoms with E-state index in [9.17, 15) is 9.59 Å². The summed E-state index contributed by atoms with van der Waals surface area (Å²) in [7, 11) is 0. The van der Waals surface area contributed by atoms with E-state index in [1.165, 1.54) is 51.4 Å². The summed E-state index contributed by atoms with van der Waals surface area (Å²) in [6.45, 7) is 3.87. The lowest BCUT2D eigenvalue weighted by molar-refractivity contribution is -0.132. The molecule has 1 fully saturated rings. The topological polar surface area (TPSA) is 40.6 Å². The number of carbonyl (C=O) groups is 2. The van der Waals surface area contributed by atoms with Gasteiger partial charge in [0.2, 0.25) is 11.8 Å². The zero-order chi connectivity index (χ0) is 21.2. The van der Waals surface area contributed by atoms with Gasteiger partial charge in [-0.1, -0.05) is 76.0 Å². The van der Waals surface area contributed by atoms with Crippen LogP contribution in [0, 0.1) is 5.92 Å². The largest absolute Gasteiger partial charge is 0.338 e. The Kier molecular flexibility index (Phi) is 9.23. The van der Waals surface area contributed by atoms with Crippen LogP contribution in [-0.2, 0) is 16.1 Å². The summed E-state index contributed by atoms with van der Waals surface area (Å²) in [5.74, 6) is 1.12. The summed E-state index contributed by atoms with van der Waals surface area (Å²) in [5, 5.41) is 0. The Hall–Kier alpha value is -1.84. The summed E-state index contributed by atoms with van der Waals surface area (Å²) >= 11 is 0. The minimum absolute atomic E-state index is 0.0903. The zero-order valence-corrected chi connectivity index (χ0v) is 18.9. The number of fused-ring (bicyclic) bond motifs is 1. The maximum absolute atomic E-state index is 13.2. The van der Waals surface area contributed by atoms with Crippen LogP contribution >= 0.6 is 0 Å². The molecule has 1 aliphatic carbocycles. The van der Waals surface area contributed by atoms with E-state index >= 15 is 0 Å². The van der Waals surface area contributed by atoms with Crippen LogP contribution in [0.4, 0.5) is 5.69 Å². The van der Waals surface area contributed by atoms with Gasteiger partial charge in [0.05, 0.1) is 0 Å². The number of carbonyl (C=O) groups excluding carboxylic acids is 2. The molecule has 1 aliphatic heterocycles. The van der Waals surface area contributed by atoms with Gasteiger partial charge in [-0.2, -0.15) is 0 Å². The van der Waals surface area contributed by atoms with Gasteiger partial charge in [0.1, 0.15) is 0 Å². The van der Waals surface area contributed by atoms with Crippen molar-refractivity contribution in [2.75, 3.05) is 18.0 Å². The standard InChI is InChI=1S/C26H40N2O2/c1-22(29)28-20-12-5-3-2-4-11-19-27(21-24-15-9-10-16-25(24)28)26(30)18-17-23-13-7-6-8-14-23/h9-10,15-16,23H,2-8,11-14,17-21H2,1H3. The molecule has 0 aromatic heterocycles. The van der Waals surface area contributed by atoms with Gasteiger partial charge in [0.15, 0.2) is 0 Å². The number of benzene rings is 1. The molecule has 1 saturated carbocycles. The third-order valence-corrected chi connectivity index (χ3v) is 6.93. The van der Waals surface area contributed by atoms with Crippen molar-refractivity contribution in [2.45, 2.75) is 96.9 Å². The lowest BCUT2D eigenvalue weighted by atomic mass is 9.86. The molecule has 0 bridgehead atoms. The Morgan fingerprint density at radius 2 is 1.50 bits per heavy atom. The molecule has 0 radical (unpaired) electrons. The molecule has 0 unspecified atom stereocenters. The Bertz CT molecular complexity index is 681. The molecule has 0 atom stereocenters. The molecule has 0 N–H and O–H groups in total. The maximum atomic E-state index is 13.2. The number of anilines is 1. The molecule has 1 heterocycles. The average molecular weight is 413 g/mol. The number of nitrogens with zero attached hydrogens (tertiary/aromatic N) is 2. The third kappa shape index (κ3) is 6.85. The molecule has 30 heavy (non-hydrogen) atoms. The van der Waals surface area contributed by atoms with E-state index < -0.39 is 0 Å². The second-order valence-corrected chi connectivity index (χ2v) is 9.28. The molecule has 4 nitrogen and oxygen atoms in total. The summed E-state index contributed by atoms with van der Waals surface area (Å²) in [6.07, 6.45) is 15.2. The summed E-state index contributed by atoms with van der Waals surface area (Å²) in [4.78, 5) is 29.6. The molecule has 4 heteroatoms. The molecule has 0 saturated heterocycles. The van der Waals surface area contributed by atoms with E-state index in [4.69, 9.17) is 0 Å². The minimum atomic E-state index is 0.0903. The second kappa shape index (κ2) is 12.1. The Labute approximate surface area is 183 Å². The van der Waals surface area contributed by atoms with E-state index in [1.54, 1.807) is 6.92 Å². The van der Waals surface area contributed by atoms with Crippen LogP contribution in [0.15, 0.2) is 24.3 Å². The van der Waals surface area contributed by atoms with E-state index in [-0.39, 0.29) is 5.91 Å². The molecule has 166 valence electrons. The van der Waals surface area contributed by atoms with Crippen LogP contribution in [0.5, 0.6) is 0 Å². The monoisotopic (exact) mass is 412 g/mol. The van der Waals surface area contributed by atoms with Crippen LogP contribution in [0.3, 0.4) is 0 Å². The van der Waals surface area contributed by atoms with Gasteiger partial charge >= 0.3 is 0 Å². The number of amides is 2. The van der Waals surface area contributed by atoms with Gasteiger partial charge in [-0.15, -0.1) is 0 Å². The van der Waals surface area contributed by atoms with Crippen LogP contribution in [-0.4, -0.2) is 29.8 Å². The smallest absolute Gasteiger partial charge is 0.223 e. The molecule has 2 amide bonds. The lowest BCUT2D eigenvalue weighted by Gasteiger charge is -2.28. The predicted octanol–water partition coefficient (Wildman–Crippen LogP) is 6.08. The predicted molar refractivity (Wildman–Crippen MR) is 123 cm³/mol. The average Bonchev–Trinajstić information content (AvgIpc) is 2.78.